The van der Waals surface area contributed by atoms with Crippen LogP contribution in [0, 0.1) is 5.92 Å². The van der Waals surface area contributed by atoms with E-state index in [0.29, 0.717) is 17.8 Å². The quantitative estimate of drug-likeness (QED) is 0.901. The van der Waals surface area contributed by atoms with Crippen molar-refractivity contribution in [1.29, 1.82) is 0 Å². The van der Waals surface area contributed by atoms with Crippen LogP contribution >= 0.6 is 0 Å². The molecule has 2 aliphatic heterocycles. The molecule has 2 aliphatic rings. The van der Waals surface area contributed by atoms with Gasteiger partial charge in [0.2, 0.25) is 0 Å². The molecule has 2 atom stereocenters. The lowest BCUT2D eigenvalue weighted by Gasteiger charge is -2.39. The standard InChI is InChI=1S/C17H21NO4/c1-4-18-13-8-6-5-7-11(13)17(21,15(18)20)12-10-22-16(2,3)9-14(12)19/h5-8,12,21H,4,9-10H2,1-3H3/t12-,17+/m0/s1. The fourth-order valence-corrected chi connectivity index (χ4v) is 3.46. The maximum Gasteiger partial charge on any atom is 0.264 e. The van der Waals surface area contributed by atoms with Crippen molar-refractivity contribution < 1.29 is 19.4 Å². The minimum Gasteiger partial charge on any atom is -0.375 e. The van der Waals surface area contributed by atoms with Gasteiger partial charge in [0.1, 0.15) is 5.78 Å². The second-order valence-electron chi connectivity index (χ2n) is 6.60. The smallest absolute Gasteiger partial charge is 0.264 e. The van der Waals surface area contributed by atoms with Crippen LogP contribution < -0.4 is 4.90 Å². The SMILES string of the molecule is CCN1C(=O)[C@](O)([C@H]2COC(C)(C)CC2=O)c2ccccc21. The molecular weight excluding hydrogens is 282 g/mol. The summed E-state index contributed by atoms with van der Waals surface area (Å²) in [5.74, 6) is -1.41. The summed E-state index contributed by atoms with van der Waals surface area (Å²) in [6, 6.07) is 7.11. The zero-order valence-corrected chi connectivity index (χ0v) is 13.1. The van der Waals surface area contributed by atoms with Gasteiger partial charge >= 0.3 is 0 Å². The maximum absolute atomic E-state index is 12.8. The Kier molecular flexibility index (Phi) is 3.38. The van der Waals surface area contributed by atoms with E-state index in [2.05, 4.69) is 0 Å². The van der Waals surface area contributed by atoms with Crippen LogP contribution in [-0.2, 0) is 19.9 Å². The highest BCUT2D eigenvalue weighted by Crippen LogP contribution is 2.46. The van der Waals surface area contributed by atoms with Gasteiger partial charge in [-0.1, -0.05) is 18.2 Å². The largest absolute Gasteiger partial charge is 0.375 e. The van der Waals surface area contributed by atoms with E-state index < -0.39 is 23.0 Å². The van der Waals surface area contributed by atoms with Gasteiger partial charge in [-0.3, -0.25) is 9.59 Å². The number of Topliss-reactive ketones (excluding diaryl/α,β-unsaturated/α-hetero) is 1. The number of hydrogen-bond acceptors (Lipinski definition) is 4. The molecule has 1 saturated heterocycles. The molecule has 0 aliphatic carbocycles. The van der Waals surface area contributed by atoms with E-state index in [0.717, 1.165) is 0 Å². The van der Waals surface area contributed by atoms with Crippen molar-refractivity contribution in [3.63, 3.8) is 0 Å². The number of likely N-dealkylation sites (N-methyl/N-ethyl adjacent to an activating group) is 1. The van der Waals surface area contributed by atoms with Crippen LogP contribution in [0.4, 0.5) is 5.69 Å². The third-order valence-corrected chi connectivity index (χ3v) is 4.63. The highest BCUT2D eigenvalue weighted by molar-refractivity contribution is 6.09. The minimum absolute atomic E-state index is 0.0555. The molecule has 0 bridgehead atoms. The number of aliphatic hydroxyl groups is 1. The lowest BCUT2D eigenvalue weighted by molar-refractivity contribution is -0.172. The predicted molar refractivity (Wildman–Crippen MR) is 81.5 cm³/mol. The van der Waals surface area contributed by atoms with Crippen molar-refractivity contribution in [2.24, 2.45) is 5.92 Å². The molecule has 22 heavy (non-hydrogen) atoms. The van der Waals surface area contributed by atoms with E-state index in [1.807, 2.05) is 26.8 Å². The second kappa shape index (κ2) is 4.89. The summed E-state index contributed by atoms with van der Waals surface area (Å²) in [4.78, 5) is 26.9. The molecular formula is C17H21NO4. The van der Waals surface area contributed by atoms with Gasteiger partial charge in [0, 0.05) is 18.5 Å². The number of ketones is 1. The number of benzene rings is 1. The van der Waals surface area contributed by atoms with E-state index in [9.17, 15) is 14.7 Å². The summed E-state index contributed by atoms with van der Waals surface area (Å²) < 4.78 is 5.71. The minimum atomic E-state index is -1.82. The molecule has 1 fully saturated rings. The van der Waals surface area contributed by atoms with Crippen LogP contribution in [0.1, 0.15) is 32.8 Å². The predicted octanol–water partition coefficient (Wildman–Crippen LogP) is 1.62. The van der Waals surface area contributed by atoms with Gasteiger partial charge < -0.3 is 14.7 Å². The summed E-state index contributed by atoms with van der Waals surface area (Å²) >= 11 is 0. The van der Waals surface area contributed by atoms with Gasteiger partial charge in [0.15, 0.2) is 5.60 Å². The molecule has 5 heteroatoms. The number of ether oxygens (including phenoxy) is 1. The van der Waals surface area contributed by atoms with Gasteiger partial charge in [0.25, 0.3) is 5.91 Å². The molecule has 5 nitrogen and oxygen atoms in total. The third-order valence-electron chi connectivity index (χ3n) is 4.63. The fraction of sp³-hybridized carbons (Fsp3) is 0.529. The number of carbonyl (C=O) groups is 2. The number of fused-ring (bicyclic) bond motifs is 1. The Morgan fingerprint density at radius 1 is 1.32 bits per heavy atom. The summed E-state index contributed by atoms with van der Waals surface area (Å²) in [5.41, 5.74) is -1.19. The van der Waals surface area contributed by atoms with Crippen LogP contribution in [0.2, 0.25) is 0 Å². The van der Waals surface area contributed by atoms with Crippen molar-refractivity contribution in [3.05, 3.63) is 29.8 Å². The molecule has 1 amide bonds. The molecule has 2 heterocycles. The van der Waals surface area contributed by atoms with Crippen LogP contribution in [0.3, 0.4) is 0 Å². The first kappa shape index (κ1) is 15.2. The summed E-state index contributed by atoms with van der Waals surface area (Å²) in [7, 11) is 0. The Hall–Kier alpha value is -1.72. The lowest BCUT2D eigenvalue weighted by atomic mass is 9.76. The van der Waals surface area contributed by atoms with E-state index in [1.165, 1.54) is 4.90 Å². The Morgan fingerprint density at radius 3 is 2.64 bits per heavy atom. The Balaban J connectivity index is 2.06. The van der Waals surface area contributed by atoms with Crippen molar-refractivity contribution in [2.45, 2.75) is 38.4 Å². The number of carbonyl (C=O) groups excluding carboxylic acids is 2. The second-order valence-corrected chi connectivity index (χ2v) is 6.60. The van der Waals surface area contributed by atoms with Crippen molar-refractivity contribution >= 4 is 17.4 Å². The molecule has 1 aromatic rings. The molecule has 0 saturated carbocycles. The number of nitrogens with zero attached hydrogens (tertiary/aromatic N) is 1. The third kappa shape index (κ3) is 2.00. The Bertz CT molecular complexity index is 639. The number of anilines is 1. The molecule has 1 N–H and O–H groups in total. The molecule has 0 unspecified atom stereocenters. The molecule has 0 radical (unpaired) electrons. The number of rotatable bonds is 2. The Labute approximate surface area is 129 Å². The molecule has 118 valence electrons. The topological polar surface area (TPSA) is 66.8 Å². The van der Waals surface area contributed by atoms with E-state index in [1.54, 1.807) is 18.2 Å². The van der Waals surface area contributed by atoms with Gasteiger partial charge in [0.05, 0.1) is 23.8 Å². The molecule has 1 aromatic carbocycles. The fourth-order valence-electron chi connectivity index (χ4n) is 3.46. The lowest BCUT2D eigenvalue weighted by Crippen LogP contribution is -2.54. The van der Waals surface area contributed by atoms with Crippen LogP contribution in [0.5, 0.6) is 0 Å². The molecule has 0 aromatic heterocycles. The monoisotopic (exact) mass is 303 g/mol. The summed E-state index contributed by atoms with van der Waals surface area (Å²) in [6.07, 6.45) is 0.196. The van der Waals surface area contributed by atoms with Crippen molar-refractivity contribution in [3.8, 4) is 0 Å². The van der Waals surface area contributed by atoms with Crippen molar-refractivity contribution in [2.75, 3.05) is 18.1 Å². The van der Waals surface area contributed by atoms with E-state index in [4.69, 9.17) is 4.74 Å². The zero-order chi connectivity index (χ0) is 16.1. The molecule has 0 spiro atoms. The van der Waals surface area contributed by atoms with Gasteiger partial charge in [-0.05, 0) is 26.8 Å². The summed E-state index contributed by atoms with van der Waals surface area (Å²) in [5, 5.41) is 11.2. The first-order chi connectivity index (χ1) is 10.3. The summed E-state index contributed by atoms with van der Waals surface area (Å²) in [6.45, 7) is 6.04. The number of amides is 1. The zero-order valence-electron chi connectivity index (χ0n) is 13.1. The normalized spacial score (nSPS) is 30.5. The highest BCUT2D eigenvalue weighted by Gasteiger charge is 2.58. The molecule has 3 rings (SSSR count). The van der Waals surface area contributed by atoms with E-state index >= 15 is 0 Å². The van der Waals surface area contributed by atoms with E-state index in [-0.39, 0.29) is 18.8 Å². The van der Waals surface area contributed by atoms with Gasteiger partial charge in [-0.2, -0.15) is 0 Å². The Morgan fingerprint density at radius 2 is 2.00 bits per heavy atom. The van der Waals surface area contributed by atoms with Crippen molar-refractivity contribution in [1.82, 2.24) is 0 Å². The van der Waals surface area contributed by atoms with Gasteiger partial charge in [-0.25, -0.2) is 0 Å². The number of para-hydroxylation sites is 1. The maximum atomic E-state index is 12.8. The highest BCUT2D eigenvalue weighted by atomic mass is 16.5. The average molecular weight is 303 g/mol. The average Bonchev–Trinajstić information content (AvgIpc) is 2.67. The van der Waals surface area contributed by atoms with Crippen LogP contribution in [0.15, 0.2) is 24.3 Å². The number of hydrogen-bond donors (Lipinski definition) is 1. The van der Waals surface area contributed by atoms with Crippen LogP contribution in [0.25, 0.3) is 0 Å². The first-order valence-corrected chi connectivity index (χ1v) is 7.62. The van der Waals surface area contributed by atoms with Gasteiger partial charge in [-0.15, -0.1) is 0 Å². The first-order valence-electron chi connectivity index (χ1n) is 7.62. The van der Waals surface area contributed by atoms with Crippen LogP contribution in [-0.4, -0.2) is 35.5 Å².